The predicted molar refractivity (Wildman–Crippen MR) is 112 cm³/mol. The predicted octanol–water partition coefficient (Wildman–Crippen LogP) is 5.91. The molecule has 1 aliphatic heterocycles. The molecule has 0 aromatic heterocycles. The second kappa shape index (κ2) is 12.0. The van der Waals surface area contributed by atoms with E-state index in [0.29, 0.717) is 11.5 Å². The normalized spacial score (nSPS) is 25.8. The average molecular weight is 389 g/mol. The fourth-order valence-corrected chi connectivity index (χ4v) is 3.48. The number of benzene rings is 1. The Labute approximate surface area is 170 Å². The summed E-state index contributed by atoms with van der Waals surface area (Å²) in [7, 11) is 0. The zero-order valence-electron chi connectivity index (χ0n) is 17.6. The van der Waals surface area contributed by atoms with E-state index >= 15 is 0 Å². The summed E-state index contributed by atoms with van der Waals surface area (Å²) in [5.41, 5.74) is 0.556. The summed E-state index contributed by atoms with van der Waals surface area (Å²) < 4.78 is 18.0. The Morgan fingerprint density at radius 3 is 2.64 bits per heavy atom. The number of allylic oxidation sites excluding steroid dienone is 1. The minimum absolute atomic E-state index is 0.0722. The van der Waals surface area contributed by atoms with Gasteiger partial charge in [0.05, 0.1) is 17.8 Å². The van der Waals surface area contributed by atoms with Gasteiger partial charge in [0.25, 0.3) is 0 Å². The van der Waals surface area contributed by atoms with E-state index in [1.54, 1.807) is 12.1 Å². The molecular weight excluding hydrogens is 352 g/mol. The summed E-state index contributed by atoms with van der Waals surface area (Å²) >= 11 is 0. The van der Waals surface area contributed by atoms with Crippen LogP contribution in [0.25, 0.3) is 0 Å². The van der Waals surface area contributed by atoms with Crippen LogP contribution in [-0.2, 0) is 14.2 Å². The third-order valence-corrected chi connectivity index (χ3v) is 5.46. The first-order valence-corrected chi connectivity index (χ1v) is 10.7. The van der Waals surface area contributed by atoms with Crippen LogP contribution < -0.4 is 0 Å². The monoisotopic (exact) mass is 388 g/mol. The average Bonchev–Trinajstić information content (AvgIpc) is 2.69. The van der Waals surface area contributed by atoms with Gasteiger partial charge in [0.2, 0.25) is 0 Å². The highest BCUT2D eigenvalue weighted by Gasteiger charge is 2.38. The number of unbranched alkanes of at least 4 members (excludes halogenated alkanes) is 4. The largest absolute Gasteiger partial charge is 0.453 e. The molecule has 4 heteroatoms. The Morgan fingerprint density at radius 2 is 1.93 bits per heavy atom. The van der Waals surface area contributed by atoms with Gasteiger partial charge < -0.3 is 14.2 Å². The molecule has 0 N–H and O–H groups in total. The lowest BCUT2D eigenvalue weighted by Crippen LogP contribution is -2.47. The van der Waals surface area contributed by atoms with Crippen molar-refractivity contribution in [3.63, 3.8) is 0 Å². The lowest BCUT2D eigenvalue weighted by molar-refractivity contribution is -0.263. The first kappa shape index (κ1) is 22.6. The van der Waals surface area contributed by atoms with Crippen LogP contribution in [-0.4, -0.2) is 30.6 Å². The Kier molecular flexibility index (Phi) is 9.72. The van der Waals surface area contributed by atoms with Gasteiger partial charge in [-0.05, 0) is 57.6 Å². The summed E-state index contributed by atoms with van der Waals surface area (Å²) in [4.78, 5) is 12.5. The van der Waals surface area contributed by atoms with Gasteiger partial charge in [-0.25, -0.2) is 4.79 Å². The molecule has 4 nitrogen and oxygen atoms in total. The van der Waals surface area contributed by atoms with E-state index < -0.39 is 6.29 Å². The number of ether oxygens (including phenoxy) is 3. The number of hydrogen-bond donors (Lipinski definition) is 0. The van der Waals surface area contributed by atoms with Gasteiger partial charge in [0, 0.05) is 0 Å². The zero-order valence-corrected chi connectivity index (χ0v) is 17.6. The summed E-state index contributed by atoms with van der Waals surface area (Å²) in [6.45, 7) is 10.0. The maximum absolute atomic E-state index is 12.5. The molecule has 0 amide bonds. The van der Waals surface area contributed by atoms with Crippen LogP contribution in [0.4, 0.5) is 0 Å². The first-order chi connectivity index (χ1) is 13.5. The summed E-state index contributed by atoms with van der Waals surface area (Å²) in [6.07, 6.45) is 8.84. The molecule has 1 aromatic rings. The van der Waals surface area contributed by atoms with Crippen LogP contribution in [0.5, 0.6) is 0 Å². The molecule has 1 aliphatic rings. The molecule has 0 bridgehead atoms. The standard InChI is InChI=1S/C24H36O4/c1-5-6-7-8-9-11-14-19(3)26-24-22(17-18(2)20(4)27-24)28-23(25)21-15-12-10-13-16-21/h5,10,12-13,15-16,18-20,22,24H,1,6-9,11,14,17H2,2-4H3/t18-,19+,20?,22?,24-/m1/s1. The molecule has 2 rings (SSSR count). The third-order valence-electron chi connectivity index (χ3n) is 5.46. The molecule has 1 saturated heterocycles. The molecule has 1 heterocycles. The zero-order chi connectivity index (χ0) is 20.4. The van der Waals surface area contributed by atoms with Crippen LogP contribution in [0.3, 0.4) is 0 Å². The van der Waals surface area contributed by atoms with Crippen LogP contribution in [0.2, 0.25) is 0 Å². The topological polar surface area (TPSA) is 44.8 Å². The minimum Gasteiger partial charge on any atom is -0.453 e. The molecule has 1 fully saturated rings. The van der Waals surface area contributed by atoms with Crippen molar-refractivity contribution >= 4 is 5.97 Å². The fourth-order valence-electron chi connectivity index (χ4n) is 3.48. The molecule has 156 valence electrons. The second-order valence-corrected chi connectivity index (χ2v) is 7.96. The van der Waals surface area contributed by atoms with Gasteiger partial charge in [-0.15, -0.1) is 6.58 Å². The quantitative estimate of drug-likeness (QED) is 0.268. The van der Waals surface area contributed by atoms with Crippen molar-refractivity contribution in [3.05, 3.63) is 48.6 Å². The van der Waals surface area contributed by atoms with Crippen LogP contribution in [0, 0.1) is 5.92 Å². The molecule has 2 unspecified atom stereocenters. The summed E-state index contributed by atoms with van der Waals surface area (Å²) in [6, 6.07) is 9.09. The lowest BCUT2D eigenvalue weighted by atomic mass is 9.95. The van der Waals surface area contributed by atoms with E-state index in [-0.39, 0.29) is 24.3 Å². The highest BCUT2D eigenvalue weighted by Crippen LogP contribution is 2.29. The van der Waals surface area contributed by atoms with E-state index in [9.17, 15) is 4.79 Å². The van der Waals surface area contributed by atoms with Crippen molar-refractivity contribution in [1.82, 2.24) is 0 Å². The third kappa shape index (κ3) is 7.40. The highest BCUT2D eigenvalue weighted by atomic mass is 16.7. The van der Waals surface area contributed by atoms with Crippen LogP contribution in [0.15, 0.2) is 43.0 Å². The fraction of sp³-hybridized carbons (Fsp3) is 0.625. The van der Waals surface area contributed by atoms with E-state index in [2.05, 4.69) is 27.4 Å². The van der Waals surface area contributed by atoms with E-state index in [1.807, 2.05) is 24.3 Å². The van der Waals surface area contributed by atoms with Crippen molar-refractivity contribution < 1.29 is 19.0 Å². The number of esters is 1. The van der Waals surface area contributed by atoms with Crippen molar-refractivity contribution in [3.8, 4) is 0 Å². The second-order valence-electron chi connectivity index (χ2n) is 7.96. The summed E-state index contributed by atoms with van der Waals surface area (Å²) in [5.74, 6) is -0.00647. The van der Waals surface area contributed by atoms with Gasteiger partial charge in [0.15, 0.2) is 12.4 Å². The van der Waals surface area contributed by atoms with E-state index in [1.165, 1.54) is 19.3 Å². The van der Waals surface area contributed by atoms with Gasteiger partial charge in [-0.3, -0.25) is 0 Å². The van der Waals surface area contributed by atoms with Crippen molar-refractivity contribution in [2.45, 2.75) is 90.3 Å². The highest BCUT2D eigenvalue weighted by molar-refractivity contribution is 5.89. The number of carbonyl (C=O) groups excluding carboxylic acids is 1. The van der Waals surface area contributed by atoms with Crippen molar-refractivity contribution in [2.24, 2.45) is 5.92 Å². The minimum atomic E-state index is -0.505. The molecular formula is C24H36O4. The van der Waals surface area contributed by atoms with Crippen LogP contribution in [0.1, 0.15) is 76.1 Å². The number of hydrogen-bond acceptors (Lipinski definition) is 4. The lowest BCUT2D eigenvalue weighted by Gasteiger charge is -2.39. The van der Waals surface area contributed by atoms with Crippen LogP contribution >= 0.6 is 0 Å². The Hall–Kier alpha value is -1.65. The van der Waals surface area contributed by atoms with Gasteiger partial charge in [0.1, 0.15) is 0 Å². The van der Waals surface area contributed by atoms with Crippen molar-refractivity contribution in [1.29, 1.82) is 0 Å². The van der Waals surface area contributed by atoms with Gasteiger partial charge in [-0.2, -0.15) is 0 Å². The molecule has 5 atom stereocenters. The molecule has 0 saturated carbocycles. The Morgan fingerprint density at radius 1 is 1.21 bits per heavy atom. The SMILES string of the molecule is C=CCCCCCC[C@H](C)O[C@@H]1OC(C)[C@H](C)CC1OC(=O)c1ccccc1. The molecule has 28 heavy (non-hydrogen) atoms. The van der Waals surface area contributed by atoms with Gasteiger partial charge in [-0.1, -0.05) is 50.5 Å². The molecule has 0 aliphatic carbocycles. The van der Waals surface area contributed by atoms with Gasteiger partial charge >= 0.3 is 5.97 Å². The van der Waals surface area contributed by atoms with E-state index in [4.69, 9.17) is 14.2 Å². The number of rotatable bonds is 11. The molecule has 0 spiro atoms. The van der Waals surface area contributed by atoms with Crippen molar-refractivity contribution in [2.75, 3.05) is 0 Å². The molecule has 0 radical (unpaired) electrons. The number of carbonyl (C=O) groups is 1. The Balaban J connectivity index is 1.85. The maximum Gasteiger partial charge on any atom is 0.338 e. The summed E-state index contributed by atoms with van der Waals surface area (Å²) in [5, 5.41) is 0. The Bertz CT molecular complexity index is 586. The molecule has 1 aromatic carbocycles. The maximum atomic E-state index is 12.5. The first-order valence-electron chi connectivity index (χ1n) is 10.7. The smallest absolute Gasteiger partial charge is 0.338 e. The van der Waals surface area contributed by atoms with E-state index in [0.717, 1.165) is 25.7 Å².